The summed E-state index contributed by atoms with van der Waals surface area (Å²) in [5.74, 6) is 0. The Labute approximate surface area is 129 Å². The third kappa shape index (κ3) is 4.80. The van der Waals surface area contributed by atoms with E-state index in [1.165, 1.54) is 12.0 Å². The lowest BCUT2D eigenvalue weighted by molar-refractivity contribution is 0.0736. The number of nitrogens with zero attached hydrogens (tertiary/aromatic N) is 1. The van der Waals surface area contributed by atoms with E-state index >= 15 is 0 Å². The highest BCUT2D eigenvalue weighted by atomic mass is 16.5. The van der Waals surface area contributed by atoms with Crippen LogP contribution in [-0.2, 0) is 11.2 Å². The maximum atomic E-state index is 5.22. The van der Waals surface area contributed by atoms with Gasteiger partial charge in [0.1, 0.15) is 0 Å². The number of nitrogens with one attached hydrogen (secondary N) is 1. The van der Waals surface area contributed by atoms with E-state index < -0.39 is 0 Å². The fourth-order valence-electron chi connectivity index (χ4n) is 3.12. The SMILES string of the molecule is CCC1(C)CN(CCCOC)C(Cc2ccccc2)CN1. The van der Waals surface area contributed by atoms with Gasteiger partial charge in [-0.1, -0.05) is 37.3 Å². The molecule has 1 fully saturated rings. The summed E-state index contributed by atoms with van der Waals surface area (Å²) in [6.07, 6.45) is 3.41. The van der Waals surface area contributed by atoms with Gasteiger partial charge in [-0.2, -0.15) is 0 Å². The molecule has 1 heterocycles. The summed E-state index contributed by atoms with van der Waals surface area (Å²) in [7, 11) is 1.79. The molecule has 3 nitrogen and oxygen atoms in total. The molecular weight excluding hydrogens is 260 g/mol. The van der Waals surface area contributed by atoms with E-state index in [2.05, 4.69) is 54.4 Å². The quantitative estimate of drug-likeness (QED) is 0.782. The van der Waals surface area contributed by atoms with Crippen molar-refractivity contribution in [1.82, 2.24) is 10.2 Å². The Bertz CT molecular complexity index is 409. The molecule has 21 heavy (non-hydrogen) atoms. The summed E-state index contributed by atoms with van der Waals surface area (Å²) in [4.78, 5) is 2.66. The Hall–Kier alpha value is -0.900. The van der Waals surface area contributed by atoms with Crippen LogP contribution in [0.15, 0.2) is 30.3 Å². The van der Waals surface area contributed by atoms with E-state index in [0.29, 0.717) is 6.04 Å². The van der Waals surface area contributed by atoms with Gasteiger partial charge in [-0.15, -0.1) is 0 Å². The Balaban J connectivity index is 1.99. The molecule has 1 saturated heterocycles. The molecule has 0 radical (unpaired) electrons. The highest BCUT2D eigenvalue weighted by Crippen LogP contribution is 2.21. The van der Waals surface area contributed by atoms with Gasteiger partial charge in [-0.25, -0.2) is 0 Å². The standard InChI is InChI=1S/C18H30N2O/c1-4-18(2)15-20(11-8-12-21-3)17(14-19-18)13-16-9-6-5-7-10-16/h5-7,9-10,17,19H,4,8,11-15H2,1-3H3. The van der Waals surface area contributed by atoms with Crippen LogP contribution in [0.2, 0.25) is 0 Å². The molecule has 0 bridgehead atoms. The average molecular weight is 290 g/mol. The molecule has 2 unspecified atom stereocenters. The Kier molecular flexibility index (Phi) is 6.22. The predicted octanol–water partition coefficient (Wildman–Crippen LogP) is 2.71. The normalized spacial score (nSPS) is 26.9. The van der Waals surface area contributed by atoms with Gasteiger partial charge >= 0.3 is 0 Å². The first-order valence-electron chi connectivity index (χ1n) is 8.19. The van der Waals surface area contributed by atoms with Crippen molar-refractivity contribution in [3.05, 3.63) is 35.9 Å². The van der Waals surface area contributed by atoms with Crippen LogP contribution in [0, 0.1) is 0 Å². The van der Waals surface area contributed by atoms with Crippen molar-refractivity contribution >= 4 is 0 Å². The summed E-state index contributed by atoms with van der Waals surface area (Å²) in [5, 5.41) is 3.76. The molecule has 1 aromatic carbocycles. The molecule has 2 rings (SSSR count). The minimum Gasteiger partial charge on any atom is -0.385 e. The zero-order valence-electron chi connectivity index (χ0n) is 13.8. The van der Waals surface area contributed by atoms with Crippen molar-refractivity contribution in [3.8, 4) is 0 Å². The van der Waals surface area contributed by atoms with Crippen LogP contribution < -0.4 is 5.32 Å². The van der Waals surface area contributed by atoms with E-state index in [0.717, 1.165) is 39.1 Å². The van der Waals surface area contributed by atoms with Crippen LogP contribution in [0.25, 0.3) is 0 Å². The van der Waals surface area contributed by atoms with Crippen molar-refractivity contribution < 1.29 is 4.74 Å². The van der Waals surface area contributed by atoms with Crippen molar-refractivity contribution in [3.63, 3.8) is 0 Å². The average Bonchev–Trinajstić information content (AvgIpc) is 2.51. The van der Waals surface area contributed by atoms with E-state index in [9.17, 15) is 0 Å². The lowest BCUT2D eigenvalue weighted by atomic mass is 9.91. The number of hydrogen-bond acceptors (Lipinski definition) is 3. The molecule has 118 valence electrons. The zero-order valence-corrected chi connectivity index (χ0v) is 13.8. The molecule has 3 heteroatoms. The molecule has 0 aromatic heterocycles. The van der Waals surface area contributed by atoms with Crippen LogP contribution in [0.3, 0.4) is 0 Å². The Morgan fingerprint density at radius 3 is 2.76 bits per heavy atom. The van der Waals surface area contributed by atoms with Gasteiger partial charge < -0.3 is 10.1 Å². The number of methoxy groups -OCH3 is 1. The van der Waals surface area contributed by atoms with Gasteiger partial charge in [0.2, 0.25) is 0 Å². The highest BCUT2D eigenvalue weighted by Gasteiger charge is 2.34. The minimum absolute atomic E-state index is 0.250. The zero-order chi connectivity index (χ0) is 15.1. The van der Waals surface area contributed by atoms with Gasteiger partial charge in [0, 0.05) is 44.9 Å². The number of hydrogen-bond donors (Lipinski definition) is 1. The fourth-order valence-corrected chi connectivity index (χ4v) is 3.12. The maximum Gasteiger partial charge on any atom is 0.0474 e. The smallest absolute Gasteiger partial charge is 0.0474 e. The lowest BCUT2D eigenvalue weighted by Crippen LogP contribution is -2.63. The summed E-state index contributed by atoms with van der Waals surface area (Å²) in [5.41, 5.74) is 1.68. The predicted molar refractivity (Wildman–Crippen MR) is 88.7 cm³/mol. The Morgan fingerprint density at radius 1 is 1.33 bits per heavy atom. The second-order valence-corrected chi connectivity index (χ2v) is 6.46. The maximum absolute atomic E-state index is 5.22. The molecule has 0 amide bonds. The van der Waals surface area contributed by atoms with Crippen LogP contribution in [0.5, 0.6) is 0 Å². The summed E-state index contributed by atoms with van der Waals surface area (Å²) in [6.45, 7) is 8.80. The third-order valence-electron chi connectivity index (χ3n) is 4.72. The van der Waals surface area contributed by atoms with Crippen molar-refractivity contribution in [2.24, 2.45) is 0 Å². The minimum atomic E-state index is 0.250. The Morgan fingerprint density at radius 2 is 2.10 bits per heavy atom. The van der Waals surface area contributed by atoms with Gasteiger partial charge in [0.15, 0.2) is 0 Å². The summed E-state index contributed by atoms with van der Waals surface area (Å²) < 4.78 is 5.22. The first kappa shape index (κ1) is 16.5. The van der Waals surface area contributed by atoms with Crippen LogP contribution in [0.4, 0.5) is 0 Å². The van der Waals surface area contributed by atoms with Crippen LogP contribution >= 0.6 is 0 Å². The second kappa shape index (κ2) is 7.92. The number of rotatable bonds is 7. The lowest BCUT2D eigenvalue weighted by Gasteiger charge is -2.46. The molecule has 0 spiro atoms. The highest BCUT2D eigenvalue weighted by molar-refractivity contribution is 5.16. The monoisotopic (exact) mass is 290 g/mol. The van der Waals surface area contributed by atoms with Gasteiger partial charge in [0.05, 0.1) is 0 Å². The van der Waals surface area contributed by atoms with Gasteiger partial charge in [0.25, 0.3) is 0 Å². The molecule has 2 atom stereocenters. The first-order chi connectivity index (χ1) is 10.2. The number of benzene rings is 1. The van der Waals surface area contributed by atoms with Crippen molar-refractivity contribution in [2.75, 3.05) is 33.4 Å². The first-order valence-corrected chi connectivity index (χ1v) is 8.19. The molecule has 1 N–H and O–H groups in total. The molecular formula is C18H30N2O. The number of ether oxygens (including phenoxy) is 1. The topological polar surface area (TPSA) is 24.5 Å². The largest absolute Gasteiger partial charge is 0.385 e. The van der Waals surface area contributed by atoms with Crippen molar-refractivity contribution in [2.45, 2.75) is 44.7 Å². The van der Waals surface area contributed by atoms with Gasteiger partial charge in [-0.05, 0) is 31.7 Å². The fraction of sp³-hybridized carbons (Fsp3) is 0.667. The summed E-state index contributed by atoms with van der Waals surface area (Å²) in [6, 6.07) is 11.4. The van der Waals surface area contributed by atoms with E-state index in [1.807, 2.05) is 0 Å². The molecule has 1 aromatic rings. The van der Waals surface area contributed by atoms with Gasteiger partial charge in [-0.3, -0.25) is 4.90 Å². The number of piperazine rings is 1. The van der Waals surface area contributed by atoms with Crippen LogP contribution in [0.1, 0.15) is 32.3 Å². The van der Waals surface area contributed by atoms with Crippen molar-refractivity contribution in [1.29, 1.82) is 0 Å². The van der Waals surface area contributed by atoms with Crippen LogP contribution in [-0.4, -0.2) is 49.8 Å². The second-order valence-electron chi connectivity index (χ2n) is 6.46. The van der Waals surface area contributed by atoms with E-state index in [4.69, 9.17) is 4.74 Å². The van der Waals surface area contributed by atoms with E-state index in [1.54, 1.807) is 7.11 Å². The molecule has 0 aliphatic carbocycles. The third-order valence-corrected chi connectivity index (χ3v) is 4.72. The van der Waals surface area contributed by atoms with E-state index in [-0.39, 0.29) is 5.54 Å². The summed E-state index contributed by atoms with van der Waals surface area (Å²) >= 11 is 0. The molecule has 0 saturated carbocycles. The molecule has 1 aliphatic rings. The molecule has 1 aliphatic heterocycles.